The number of halogens is 1. The van der Waals surface area contributed by atoms with Gasteiger partial charge >= 0.3 is 0 Å². The second-order valence-electron chi connectivity index (χ2n) is 4.60. The molecule has 2 rings (SSSR count). The standard InChI is InChI=1S/C14H19N3O2.ClH/c15-11-4-5-13(16)10(8-11)3-6-14(18)17-9-12-2-1-7-19-12;/h3-6,8,12H,1-2,7,9,15-16H2,(H,17,18);1H. The molecule has 0 saturated carbocycles. The molecule has 6 heteroatoms. The highest BCUT2D eigenvalue weighted by atomic mass is 35.5. The SMILES string of the molecule is Cl.Nc1ccc(N)c(C=CC(=O)NCC2CCCO2)c1. The van der Waals surface area contributed by atoms with Gasteiger partial charge in [0.25, 0.3) is 0 Å². The number of nitrogens with one attached hydrogen (secondary N) is 1. The van der Waals surface area contributed by atoms with Gasteiger partial charge in [0.15, 0.2) is 0 Å². The van der Waals surface area contributed by atoms with Crippen molar-refractivity contribution in [1.29, 1.82) is 0 Å². The number of carbonyl (C=O) groups excluding carboxylic acids is 1. The van der Waals surface area contributed by atoms with E-state index >= 15 is 0 Å². The van der Waals surface area contributed by atoms with Gasteiger partial charge in [0, 0.05) is 30.6 Å². The fourth-order valence-corrected chi connectivity index (χ4v) is 1.98. The van der Waals surface area contributed by atoms with Crippen LogP contribution in [-0.4, -0.2) is 25.2 Å². The molecule has 1 fully saturated rings. The Morgan fingerprint density at radius 2 is 2.25 bits per heavy atom. The first kappa shape index (κ1) is 16.3. The molecule has 1 atom stereocenters. The molecule has 0 aromatic heterocycles. The van der Waals surface area contributed by atoms with Crippen LogP contribution < -0.4 is 16.8 Å². The number of anilines is 2. The fourth-order valence-electron chi connectivity index (χ4n) is 1.98. The van der Waals surface area contributed by atoms with Crippen molar-refractivity contribution >= 4 is 35.8 Å². The molecule has 1 aliphatic heterocycles. The van der Waals surface area contributed by atoms with Crippen molar-refractivity contribution in [3.8, 4) is 0 Å². The van der Waals surface area contributed by atoms with E-state index in [4.69, 9.17) is 16.2 Å². The van der Waals surface area contributed by atoms with Gasteiger partial charge in [0.2, 0.25) is 5.91 Å². The summed E-state index contributed by atoms with van der Waals surface area (Å²) in [6, 6.07) is 5.18. The summed E-state index contributed by atoms with van der Waals surface area (Å²) < 4.78 is 5.43. The smallest absolute Gasteiger partial charge is 0.244 e. The maximum Gasteiger partial charge on any atom is 0.244 e. The summed E-state index contributed by atoms with van der Waals surface area (Å²) in [5.41, 5.74) is 13.4. The second-order valence-corrected chi connectivity index (χ2v) is 4.60. The zero-order valence-electron chi connectivity index (χ0n) is 11.2. The van der Waals surface area contributed by atoms with E-state index in [1.54, 1.807) is 24.3 Å². The largest absolute Gasteiger partial charge is 0.399 e. The van der Waals surface area contributed by atoms with E-state index in [1.165, 1.54) is 6.08 Å². The number of rotatable bonds is 4. The lowest BCUT2D eigenvalue weighted by atomic mass is 10.1. The van der Waals surface area contributed by atoms with E-state index in [0.717, 1.165) is 25.0 Å². The Balaban J connectivity index is 0.00000200. The van der Waals surface area contributed by atoms with Crippen molar-refractivity contribution < 1.29 is 9.53 Å². The molecule has 5 N–H and O–H groups in total. The lowest BCUT2D eigenvalue weighted by molar-refractivity contribution is -0.116. The summed E-state index contributed by atoms with van der Waals surface area (Å²) in [6.07, 6.45) is 5.34. The van der Waals surface area contributed by atoms with Crippen molar-refractivity contribution in [2.24, 2.45) is 0 Å². The molecule has 1 aliphatic rings. The predicted octanol–water partition coefficient (Wildman–Crippen LogP) is 1.58. The monoisotopic (exact) mass is 297 g/mol. The normalized spacial score (nSPS) is 17.9. The van der Waals surface area contributed by atoms with Crippen LogP contribution in [0.1, 0.15) is 18.4 Å². The number of ether oxygens (including phenoxy) is 1. The third kappa shape index (κ3) is 4.75. The van der Waals surface area contributed by atoms with E-state index < -0.39 is 0 Å². The highest BCUT2D eigenvalue weighted by Crippen LogP contribution is 2.17. The van der Waals surface area contributed by atoms with Crippen molar-refractivity contribution in [2.45, 2.75) is 18.9 Å². The first-order valence-corrected chi connectivity index (χ1v) is 6.37. The van der Waals surface area contributed by atoms with Gasteiger partial charge in [-0.1, -0.05) is 0 Å². The molecule has 1 heterocycles. The minimum absolute atomic E-state index is 0. The molecule has 1 amide bonds. The molecule has 0 radical (unpaired) electrons. The van der Waals surface area contributed by atoms with E-state index in [1.807, 2.05) is 0 Å². The van der Waals surface area contributed by atoms with Crippen LogP contribution in [0.2, 0.25) is 0 Å². The molecular weight excluding hydrogens is 278 g/mol. The molecule has 110 valence electrons. The molecule has 0 bridgehead atoms. The van der Waals surface area contributed by atoms with Crippen LogP contribution >= 0.6 is 12.4 Å². The first-order valence-electron chi connectivity index (χ1n) is 6.37. The van der Waals surface area contributed by atoms with E-state index in [-0.39, 0.29) is 24.4 Å². The first-order chi connectivity index (χ1) is 9.15. The Hall–Kier alpha value is -1.72. The predicted molar refractivity (Wildman–Crippen MR) is 83.5 cm³/mol. The summed E-state index contributed by atoms with van der Waals surface area (Å²) in [7, 11) is 0. The summed E-state index contributed by atoms with van der Waals surface area (Å²) in [5.74, 6) is -0.155. The van der Waals surface area contributed by atoms with E-state index in [2.05, 4.69) is 5.32 Å². The van der Waals surface area contributed by atoms with E-state index in [9.17, 15) is 4.79 Å². The molecule has 0 spiro atoms. The van der Waals surface area contributed by atoms with Crippen LogP contribution in [0, 0.1) is 0 Å². The van der Waals surface area contributed by atoms with Gasteiger partial charge in [-0.05, 0) is 42.7 Å². The minimum atomic E-state index is -0.155. The summed E-state index contributed by atoms with van der Waals surface area (Å²) in [6.45, 7) is 1.34. The number of nitrogen functional groups attached to an aromatic ring is 2. The fraction of sp³-hybridized carbons (Fsp3) is 0.357. The number of hydrogen-bond donors (Lipinski definition) is 3. The van der Waals surface area contributed by atoms with Crippen LogP contribution in [-0.2, 0) is 9.53 Å². The average molecular weight is 298 g/mol. The van der Waals surface area contributed by atoms with Crippen LogP contribution in [0.25, 0.3) is 6.08 Å². The van der Waals surface area contributed by atoms with E-state index in [0.29, 0.717) is 17.9 Å². The summed E-state index contributed by atoms with van der Waals surface area (Å²) >= 11 is 0. The van der Waals surface area contributed by atoms with Crippen LogP contribution in [0.4, 0.5) is 11.4 Å². The van der Waals surface area contributed by atoms with Gasteiger partial charge in [0.1, 0.15) is 0 Å². The molecule has 1 saturated heterocycles. The third-order valence-corrected chi connectivity index (χ3v) is 3.05. The van der Waals surface area contributed by atoms with Gasteiger partial charge in [0.05, 0.1) is 6.10 Å². The van der Waals surface area contributed by atoms with Crippen molar-refractivity contribution in [3.63, 3.8) is 0 Å². The van der Waals surface area contributed by atoms with Gasteiger partial charge in [-0.15, -0.1) is 12.4 Å². The zero-order valence-corrected chi connectivity index (χ0v) is 12.0. The molecule has 20 heavy (non-hydrogen) atoms. The van der Waals surface area contributed by atoms with Gasteiger partial charge in [-0.3, -0.25) is 4.79 Å². The number of hydrogen-bond acceptors (Lipinski definition) is 4. The molecule has 5 nitrogen and oxygen atoms in total. The summed E-state index contributed by atoms with van der Waals surface area (Å²) in [5, 5.41) is 2.81. The highest BCUT2D eigenvalue weighted by molar-refractivity contribution is 5.92. The molecule has 1 aromatic rings. The van der Waals surface area contributed by atoms with Crippen LogP contribution in [0.15, 0.2) is 24.3 Å². The van der Waals surface area contributed by atoms with Gasteiger partial charge < -0.3 is 21.5 Å². The van der Waals surface area contributed by atoms with Crippen molar-refractivity contribution in [2.75, 3.05) is 24.6 Å². The number of carbonyl (C=O) groups is 1. The third-order valence-electron chi connectivity index (χ3n) is 3.05. The van der Waals surface area contributed by atoms with Crippen molar-refractivity contribution in [1.82, 2.24) is 5.32 Å². The van der Waals surface area contributed by atoms with Crippen molar-refractivity contribution in [3.05, 3.63) is 29.8 Å². The second kappa shape index (κ2) is 7.77. The Morgan fingerprint density at radius 3 is 2.95 bits per heavy atom. The molecule has 1 aromatic carbocycles. The lowest BCUT2D eigenvalue weighted by Crippen LogP contribution is -2.30. The highest BCUT2D eigenvalue weighted by Gasteiger charge is 2.15. The quantitative estimate of drug-likeness (QED) is 0.581. The topological polar surface area (TPSA) is 90.4 Å². The zero-order chi connectivity index (χ0) is 13.7. The minimum Gasteiger partial charge on any atom is -0.399 e. The average Bonchev–Trinajstić information content (AvgIpc) is 2.90. The number of amides is 1. The number of nitrogens with two attached hydrogens (primary N) is 2. The Kier molecular flexibility index (Phi) is 6.35. The maximum absolute atomic E-state index is 11.6. The van der Waals surface area contributed by atoms with Crippen LogP contribution in [0.3, 0.4) is 0 Å². The van der Waals surface area contributed by atoms with Gasteiger partial charge in [-0.2, -0.15) is 0 Å². The lowest BCUT2D eigenvalue weighted by Gasteiger charge is -2.09. The maximum atomic E-state index is 11.6. The van der Waals surface area contributed by atoms with Gasteiger partial charge in [-0.25, -0.2) is 0 Å². The van der Waals surface area contributed by atoms with Crippen LogP contribution in [0.5, 0.6) is 0 Å². The molecule has 0 aliphatic carbocycles. The summed E-state index contributed by atoms with van der Waals surface area (Å²) in [4.78, 5) is 11.6. The Labute approximate surface area is 124 Å². The Morgan fingerprint density at radius 1 is 1.45 bits per heavy atom. The Bertz CT molecular complexity index is 485. The molecule has 1 unspecified atom stereocenters. The molecular formula is C14H20ClN3O2. The number of benzene rings is 1.